The van der Waals surface area contributed by atoms with Crippen LogP contribution in [0.2, 0.25) is 0 Å². The van der Waals surface area contributed by atoms with E-state index < -0.39 is 11.7 Å². The van der Waals surface area contributed by atoms with Gasteiger partial charge in [-0.1, -0.05) is 6.07 Å². The maximum Gasteiger partial charge on any atom is 0.233 e. The Bertz CT molecular complexity index is 456. The van der Waals surface area contributed by atoms with Crippen LogP contribution in [0.15, 0.2) is 24.3 Å². The molecule has 5 heteroatoms. The Kier molecular flexibility index (Phi) is 3.92. The largest absolute Gasteiger partial charge is 0.342 e. The van der Waals surface area contributed by atoms with Crippen LogP contribution in [-0.4, -0.2) is 29.8 Å². The fraction of sp³-hybridized carbons (Fsp3) is 0.385. The van der Waals surface area contributed by atoms with Gasteiger partial charge in [-0.2, -0.15) is 0 Å². The molecule has 2 amide bonds. The Balaban J connectivity index is 1.86. The summed E-state index contributed by atoms with van der Waals surface area (Å²) in [5.41, 5.74) is 0.370. The Hall–Kier alpha value is -1.91. The molecule has 0 spiro atoms. The number of nitrogens with one attached hydrogen (secondary N) is 1. The van der Waals surface area contributed by atoms with Crippen LogP contribution in [0.4, 0.5) is 10.1 Å². The van der Waals surface area contributed by atoms with Crippen molar-refractivity contribution in [3.63, 3.8) is 0 Å². The van der Waals surface area contributed by atoms with Crippen LogP contribution in [0.3, 0.4) is 0 Å². The van der Waals surface area contributed by atoms with E-state index in [1.165, 1.54) is 18.2 Å². The zero-order chi connectivity index (χ0) is 13.0. The molecule has 1 aliphatic heterocycles. The third-order valence-corrected chi connectivity index (χ3v) is 2.88. The molecule has 1 heterocycles. The van der Waals surface area contributed by atoms with E-state index in [-0.39, 0.29) is 12.3 Å². The Morgan fingerprint density at radius 3 is 2.67 bits per heavy atom. The number of anilines is 1. The highest BCUT2D eigenvalue weighted by Gasteiger charge is 2.20. The standard InChI is InChI=1S/C13H15FN2O2/c14-10-4-3-5-11(8-10)15-12(17)9-13(18)16-6-1-2-7-16/h3-5,8H,1-2,6-7,9H2,(H,15,17). The fourth-order valence-corrected chi connectivity index (χ4v) is 1.99. The van der Waals surface area contributed by atoms with Crippen LogP contribution in [-0.2, 0) is 9.59 Å². The van der Waals surface area contributed by atoms with Gasteiger partial charge in [-0.15, -0.1) is 0 Å². The Labute approximate surface area is 105 Å². The van der Waals surface area contributed by atoms with Crippen molar-refractivity contribution in [1.82, 2.24) is 4.90 Å². The number of carbonyl (C=O) groups is 2. The van der Waals surface area contributed by atoms with Gasteiger partial charge >= 0.3 is 0 Å². The monoisotopic (exact) mass is 250 g/mol. The second kappa shape index (κ2) is 5.62. The predicted octanol–water partition coefficient (Wildman–Crippen LogP) is 1.78. The number of hydrogen-bond donors (Lipinski definition) is 1. The van der Waals surface area contributed by atoms with Gasteiger partial charge in [0.25, 0.3) is 0 Å². The molecule has 0 unspecified atom stereocenters. The van der Waals surface area contributed by atoms with E-state index in [1.54, 1.807) is 11.0 Å². The van der Waals surface area contributed by atoms with Gasteiger partial charge in [0.15, 0.2) is 0 Å². The van der Waals surface area contributed by atoms with E-state index in [9.17, 15) is 14.0 Å². The van der Waals surface area contributed by atoms with Gasteiger partial charge < -0.3 is 10.2 Å². The second-order valence-electron chi connectivity index (χ2n) is 4.32. The zero-order valence-corrected chi connectivity index (χ0v) is 9.99. The van der Waals surface area contributed by atoms with Crippen molar-refractivity contribution >= 4 is 17.5 Å². The van der Waals surface area contributed by atoms with Crippen LogP contribution in [0, 0.1) is 5.82 Å². The number of amides is 2. The van der Waals surface area contributed by atoms with E-state index in [1.807, 2.05) is 0 Å². The summed E-state index contributed by atoms with van der Waals surface area (Å²) in [4.78, 5) is 25.0. The Morgan fingerprint density at radius 2 is 2.00 bits per heavy atom. The van der Waals surface area contributed by atoms with Gasteiger partial charge in [-0.05, 0) is 31.0 Å². The summed E-state index contributed by atoms with van der Waals surface area (Å²) in [6, 6.07) is 5.61. The van der Waals surface area contributed by atoms with E-state index in [0.29, 0.717) is 5.69 Å². The molecule has 0 aliphatic carbocycles. The molecule has 4 nitrogen and oxygen atoms in total. The van der Waals surface area contributed by atoms with E-state index >= 15 is 0 Å². The number of likely N-dealkylation sites (tertiary alicyclic amines) is 1. The highest BCUT2D eigenvalue weighted by Crippen LogP contribution is 2.11. The SMILES string of the molecule is O=C(CC(=O)N1CCCC1)Nc1cccc(F)c1. The van der Waals surface area contributed by atoms with Crippen LogP contribution in [0.1, 0.15) is 19.3 Å². The quantitative estimate of drug-likeness (QED) is 0.831. The number of hydrogen-bond acceptors (Lipinski definition) is 2. The molecule has 0 saturated carbocycles. The fourth-order valence-electron chi connectivity index (χ4n) is 1.99. The number of rotatable bonds is 3. The lowest BCUT2D eigenvalue weighted by Crippen LogP contribution is -2.31. The van der Waals surface area contributed by atoms with E-state index in [4.69, 9.17) is 0 Å². The van der Waals surface area contributed by atoms with E-state index in [2.05, 4.69) is 5.32 Å². The molecule has 1 saturated heterocycles. The lowest BCUT2D eigenvalue weighted by Gasteiger charge is -2.14. The second-order valence-corrected chi connectivity index (χ2v) is 4.32. The summed E-state index contributed by atoms with van der Waals surface area (Å²) < 4.78 is 12.9. The molecule has 96 valence electrons. The van der Waals surface area contributed by atoms with E-state index in [0.717, 1.165) is 25.9 Å². The first kappa shape index (κ1) is 12.5. The van der Waals surface area contributed by atoms with Gasteiger partial charge in [0.2, 0.25) is 11.8 Å². The number of nitrogens with zero attached hydrogens (tertiary/aromatic N) is 1. The van der Waals surface area contributed by atoms with Gasteiger partial charge in [0.1, 0.15) is 12.2 Å². The third kappa shape index (κ3) is 3.29. The van der Waals surface area contributed by atoms with Crippen molar-refractivity contribution in [2.45, 2.75) is 19.3 Å². The molecular weight excluding hydrogens is 235 g/mol. The Morgan fingerprint density at radius 1 is 1.28 bits per heavy atom. The third-order valence-electron chi connectivity index (χ3n) is 2.88. The zero-order valence-electron chi connectivity index (χ0n) is 9.99. The lowest BCUT2D eigenvalue weighted by atomic mass is 10.3. The molecule has 0 radical (unpaired) electrons. The molecule has 1 fully saturated rings. The molecule has 1 aromatic rings. The summed E-state index contributed by atoms with van der Waals surface area (Å²) in [6.45, 7) is 1.46. The number of halogens is 1. The summed E-state index contributed by atoms with van der Waals surface area (Å²) in [7, 11) is 0. The smallest absolute Gasteiger partial charge is 0.233 e. The minimum absolute atomic E-state index is 0.165. The molecule has 1 aliphatic rings. The molecule has 0 bridgehead atoms. The first-order valence-corrected chi connectivity index (χ1v) is 5.98. The number of benzene rings is 1. The van der Waals surface area contributed by atoms with Crippen molar-refractivity contribution in [1.29, 1.82) is 0 Å². The van der Waals surface area contributed by atoms with Crippen LogP contribution < -0.4 is 5.32 Å². The molecule has 0 atom stereocenters. The van der Waals surface area contributed by atoms with Crippen LogP contribution in [0.5, 0.6) is 0 Å². The highest BCUT2D eigenvalue weighted by atomic mass is 19.1. The van der Waals surface area contributed by atoms with Crippen molar-refractivity contribution < 1.29 is 14.0 Å². The average Bonchev–Trinajstić information content (AvgIpc) is 2.81. The molecule has 1 aromatic carbocycles. The average molecular weight is 250 g/mol. The van der Waals surface area contributed by atoms with Crippen LogP contribution >= 0.6 is 0 Å². The molecule has 18 heavy (non-hydrogen) atoms. The molecule has 2 rings (SSSR count). The first-order chi connectivity index (χ1) is 8.65. The maximum absolute atomic E-state index is 12.9. The van der Waals surface area contributed by atoms with Crippen molar-refractivity contribution in [3.05, 3.63) is 30.1 Å². The highest BCUT2D eigenvalue weighted by molar-refractivity contribution is 6.03. The molecule has 0 aromatic heterocycles. The predicted molar refractivity (Wildman–Crippen MR) is 65.5 cm³/mol. The maximum atomic E-state index is 12.9. The van der Waals surface area contributed by atoms with Gasteiger partial charge in [-0.25, -0.2) is 4.39 Å². The summed E-state index contributed by atoms with van der Waals surface area (Å²) in [5.74, 6) is -0.988. The lowest BCUT2D eigenvalue weighted by molar-refractivity contribution is -0.133. The van der Waals surface area contributed by atoms with Crippen LogP contribution in [0.25, 0.3) is 0 Å². The van der Waals surface area contributed by atoms with Crippen molar-refractivity contribution in [3.8, 4) is 0 Å². The number of carbonyl (C=O) groups excluding carboxylic acids is 2. The van der Waals surface area contributed by atoms with Crippen molar-refractivity contribution in [2.24, 2.45) is 0 Å². The summed E-state index contributed by atoms with van der Waals surface area (Å²) in [5, 5.41) is 2.51. The minimum atomic E-state index is -0.418. The van der Waals surface area contributed by atoms with Gasteiger partial charge in [0.05, 0.1) is 0 Å². The molecule has 1 N–H and O–H groups in total. The van der Waals surface area contributed by atoms with Gasteiger partial charge in [0, 0.05) is 18.8 Å². The normalized spacial score (nSPS) is 14.6. The van der Waals surface area contributed by atoms with Gasteiger partial charge in [-0.3, -0.25) is 9.59 Å². The summed E-state index contributed by atoms with van der Waals surface area (Å²) >= 11 is 0. The summed E-state index contributed by atoms with van der Waals surface area (Å²) in [6.07, 6.45) is 1.81. The topological polar surface area (TPSA) is 49.4 Å². The van der Waals surface area contributed by atoms with Crippen molar-refractivity contribution in [2.75, 3.05) is 18.4 Å². The minimum Gasteiger partial charge on any atom is -0.342 e. The molecular formula is C13H15FN2O2. The first-order valence-electron chi connectivity index (χ1n) is 5.98.